The van der Waals surface area contributed by atoms with Gasteiger partial charge in [-0.1, -0.05) is 26.0 Å². The van der Waals surface area contributed by atoms with Crippen molar-refractivity contribution < 1.29 is 9.18 Å². The molecule has 1 heterocycles. The molecule has 0 spiro atoms. The number of carbonyl (C=O) groups is 1. The second kappa shape index (κ2) is 8.25. The van der Waals surface area contributed by atoms with Crippen molar-refractivity contribution in [3.63, 3.8) is 0 Å². The van der Waals surface area contributed by atoms with E-state index >= 15 is 0 Å². The molecule has 1 aromatic rings. The van der Waals surface area contributed by atoms with E-state index in [1.54, 1.807) is 18.2 Å². The molecule has 1 aliphatic heterocycles. The van der Waals surface area contributed by atoms with Crippen LogP contribution in [-0.2, 0) is 4.79 Å². The van der Waals surface area contributed by atoms with Crippen molar-refractivity contribution in [2.75, 3.05) is 19.6 Å². The maximum Gasteiger partial charge on any atom is 0.244 e. The van der Waals surface area contributed by atoms with Gasteiger partial charge >= 0.3 is 0 Å². The Bertz CT molecular complexity index is 531. The molecule has 1 saturated heterocycles. The second-order valence-electron chi connectivity index (χ2n) is 6.88. The lowest BCUT2D eigenvalue weighted by Gasteiger charge is -2.38. The molecule has 23 heavy (non-hydrogen) atoms. The van der Waals surface area contributed by atoms with E-state index in [0.29, 0.717) is 12.6 Å². The smallest absolute Gasteiger partial charge is 0.244 e. The molecular formula is C19H27FN2O. The molecule has 0 aliphatic carbocycles. The van der Waals surface area contributed by atoms with E-state index in [0.717, 1.165) is 30.5 Å². The number of rotatable bonds is 5. The molecule has 0 radical (unpaired) electrons. The van der Waals surface area contributed by atoms with Crippen LogP contribution in [0.2, 0.25) is 0 Å². The molecule has 126 valence electrons. The van der Waals surface area contributed by atoms with E-state index in [2.05, 4.69) is 31.0 Å². The summed E-state index contributed by atoms with van der Waals surface area (Å²) in [6, 6.07) is 6.41. The molecule has 0 bridgehead atoms. The van der Waals surface area contributed by atoms with Crippen LogP contribution in [0.15, 0.2) is 30.3 Å². The minimum Gasteiger partial charge on any atom is -0.351 e. The molecule has 1 amide bonds. The summed E-state index contributed by atoms with van der Waals surface area (Å²) in [7, 11) is 0. The molecule has 1 N–H and O–H groups in total. The van der Waals surface area contributed by atoms with Crippen LogP contribution in [0.3, 0.4) is 0 Å². The van der Waals surface area contributed by atoms with Crippen molar-refractivity contribution in [3.05, 3.63) is 41.7 Å². The number of nitrogens with one attached hydrogen (secondary N) is 1. The molecule has 1 fully saturated rings. The Labute approximate surface area is 138 Å². The average Bonchev–Trinajstić information content (AvgIpc) is 2.51. The highest BCUT2D eigenvalue weighted by Crippen LogP contribution is 2.22. The fourth-order valence-corrected chi connectivity index (χ4v) is 3.25. The van der Waals surface area contributed by atoms with Crippen LogP contribution in [0.4, 0.5) is 4.39 Å². The lowest BCUT2D eigenvalue weighted by molar-refractivity contribution is -0.116. The number of amides is 1. The van der Waals surface area contributed by atoms with Crippen molar-refractivity contribution in [2.45, 2.75) is 33.2 Å². The minimum absolute atomic E-state index is 0.112. The fraction of sp³-hybridized carbons (Fsp3) is 0.526. The number of likely N-dealkylation sites (tertiary alicyclic amines) is 1. The zero-order chi connectivity index (χ0) is 16.8. The average molecular weight is 318 g/mol. The number of piperidine rings is 1. The van der Waals surface area contributed by atoms with Gasteiger partial charge in [0.1, 0.15) is 5.82 Å². The van der Waals surface area contributed by atoms with Crippen LogP contribution < -0.4 is 5.32 Å². The highest BCUT2D eigenvalue weighted by molar-refractivity contribution is 5.91. The molecular weight excluding hydrogens is 291 g/mol. The Morgan fingerprint density at radius 1 is 1.30 bits per heavy atom. The fourth-order valence-electron chi connectivity index (χ4n) is 3.25. The van der Waals surface area contributed by atoms with Crippen LogP contribution in [0.5, 0.6) is 0 Å². The molecule has 3 nitrogen and oxygen atoms in total. The first-order valence-electron chi connectivity index (χ1n) is 8.39. The van der Waals surface area contributed by atoms with Gasteiger partial charge in [-0.3, -0.25) is 9.69 Å². The summed E-state index contributed by atoms with van der Waals surface area (Å²) >= 11 is 0. The Morgan fingerprint density at radius 3 is 2.52 bits per heavy atom. The first-order valence-corrected chi connectivity index (χ1v) is 8.39. The second-order valence-corrected chi connectivity index (χ2v) is 6.88. The molecule has 1 aliphatic rings. The van der Waals surface area contributed by atoms with Crippen LogP contribution in [-0.4, -0.2) is 36.5 Å². The van der Waals surface area contributed by atoms with Crippen LogP contribution in [0, 0.1) is 17.7 Å². The summed E-state index contributed by atoms with van der Waals surface area (Å²) in [4.78, 5) is 14.4. The Hall–Kier alpha value is -1.68. The number of hydrogen-bond acceptors (Lipinski definition) is 2. The van der Waals surface area contributed by atoms with Gasteiger partial charge in [-0.25, -0.2) is 4.39 Å². The van der Waals surface area contributed by atoms with Gasteiger partial charge < -0.3 is 5.32 Å². The summed E-state index contributed by atoms with van der Waals surface area (Å²) in [5, 5.41) is 2.95. The SMILES string of the molecule is CC1CC(C)CN(C(C)CNC(=O)C=Cc2ccc(F)cc2)C1. The third kappa shape index (κ3) is 5.79. The van der Waals surface area contributed by atoms with Crippen molar-refractivity contribution in [1.82, 2.24) is 10.2 Å². The summed E-state index contributed by atoms with van der Waals surface area (Å²) in [6.07, 6.45) is 4.49. The highest BCUT2D eigenvalue weighted by atomic mass is 19.1. The number of nitrogens with zero attached hydrogens (tertiary/aromatic N) is 1. The van der Waals surface area contributed by atoms with Crippen LogP contribution in [0.1, 0.15) is 32.8 Å². The molecule has 2 rings (SSSR count). The van der Waals surface area contributed by atoms with Gasteiger partial charge in [0, 0.05) is 31.8 Å². The van der Waals surface area contributed by atoms with Crippen molar-refractivity contribution in [3.8, 4) is 0 Å². The quantitative estimate of drug-likeness (QED) is 0.845. The molecule has 4 heteroatoms. The molecule has 3 atom stereocenters. The standard InChI is InChI=1S/C19H27FN2O/c1-14-10-15(2)13-22(12-14)16(3)11-21-19(23)9-6-17-4-7-18(20)8-5-17/h4-9,14-16H,10-13H2,1-3H3,(H,21,23). The monoisotopic (exact) mass is 318 g/mol. The lowest BCUT2D eigenvalue weighted by Crippen LogP contribution is -2.48. The maximum atomic E-state index is 12.8. The largest absolute Gasteiger partial charge is 0.351 e. The van der Waals surface area contributed by atoms with Gasteiger partial charge in [0.15, 0.2) is 0 Å². The van der Waals surface area contributed by atoms with E-state index in [4.69, 9.17) is 0 Å². The van der Waals surface area contributed by atoms with Crippen LogP contribution >= 0.6 is 0 Å². The first kappa shape index (κ1) is 17.7. The van der Waals surface area contributed by atoms with Gasteiger partial charge in [0.25, 0.3) is 0 Å². The summed E-state index contributed by atoms with van der Waals surface area (Å²) in [5.74, 6) is 1.05. The summed E-state index contributed by atoms with van der Waals surface area (Å²) in [5.41, 5.74) is 0.813. The van der Waals surface area contributed by atoms with Gasteiger partial charge in [-0.05, 0) is 49.0 Å². The molecule has 3 unspecified atom stereocenters. The van der Waals surface area contributed by atoms with E-state index in [1.165, 1.54) is 24.6 Å². The molecule has 0 saturated carbocycles. The topological polar surface area (TPSA) is 32.3 Å². The predicted octanol–water partition coefficient (Wildman–Crippen LogP) is 3.32. The summed E-state index contributed by atoms with van der Waals surface area (Å²) in [6.45, 7) is 9.60. The molecule has 1 aromatic carbocycles. The van der Waals surface area contributed by atoms with E-state index in [-0.39, 0.29) is 11.7 Å². The Balaban J connectivity index is 1.78. The number of halogens is 1. The summed E-state index contributed by atoms with van der Waals surface area (Å²) < 4.78 is 12.8. The van der Waals surface area contributed by atoms with Gasteiger partial charge in [-0.2, -0.15) is 0 Å². The van der Waals surface area contributed by atoms with Crippen molar-refractivity contribution in [2.24, 2.45) is 11.8 Å². The number of hydrogen-bond donors (Lipinski definition) is 1. The van der Waals surface area contributed by atoms with Gasteiger partial charge in [-0.15, -0.1) is 0 Å². The molecule has 0 aromatic heterocycles. The Kier molecular flexibility index (Phi) is 6.34. The van der Waals surface area contributed by atoms with E-state index in [1.807, 2.05) is 0 Å². The van der Waals surface area contributed by atoms with Gasteiger partial charge in [0.05, 0.1) is 0 Å². The zero-order valence-corrected chi connectivity index (χ0v) is 14.3. The normalized spacial score (nSPS) is 23.8. The van der Waals surface area contributed by atoms with Crippen molar-refractivity contribution in [1.29, 1.82) is 0 Å². The Morgan fingerprint density at radius 2 is 1.91 bits per heavy atom. The minimum atomic E-state index is -0.273. The van der Waals surface area contributed by atoms with Crippen molar-refractivity contribution >= 4 is 12.0 Å². The van der Waals surface area contributed by atoms with E-state index in [9.17, 15) is 9.18 Å². The number of benzene rings is 1. The lowest BCUT2D eigenvalue weighted by atomic mass is 9.91. The highest BCUT2D eigenvalue weighted by Gasteiger charge is 2.25. The zero-order valence-electron chi connectivity index (χ0n) is 14.3. The van der Waals surface area contributed by atoms with E-state index < -0.39 is 0 Å². The third-order valence-corrected chi connectivity index (χ3v) is 4.39. The third-order valence-electron chi connectivity index (χ3n) is 4.39. The first-order chi connectivity index (χ1) is 10.9. The predicted molar refractivity (Wildman–Crippen MR) is 92.4 cm³/mol. The van der Waals surface area contributed by atoms with Crippen LogP contribution in [0.25, 0.3) is 6.08 Å². The van der Waals surface area contributed by atoms with Gasteiger partial charge in [0.2, 0.25) is 5.91 Å². The number of carbonyl (C=O) groups excluding carboxylic acids is 1. The maximum absolute atomic E-state index is 12.8.